The highest BCUT2D eigenvalue weighted by Gasteiger charge is 2.36. The molecule has 8 heteroatoms. The van der Waals surface area contributed by atoms with E-state index in [1.807, 2.05) is 0 Å². The van der Waals surface area contributed by atoms with Gasteiger partial charge in [0.1, 0.15) is 11.6 Å². The van der Waals surface area contributed by atoms with Gasteiger partial charge in [0.05, 0.1) is 18.7 Å². The lowest BCUT2D eigenvalue weighted by Gasteiger charge is -2.17. The van der Waals surface area contributed by atoms with Crippen molar-refractivity contribution < 1.29 is 27.9 Å². The number of ether oxygens (including phenoxy) is 1. The topological polar surface area (TPSA) is 88.9 Å². The number of likely N-dealkylation sites (tertiary alicyclic amines) is 1. The SMILES string of the molecule is C[C@H](OC(=O)[C@@H]1CC(=O)N(Cc2ccco2)C1)C(=O)NCc1ccc(F)cc1. The minimum Gasteiger partial charge on any atom is -0.467 e. The van der Waals surface area contributed by atoms with Crippen molar-refractivity contribution in [2.24, 2.45) is 5.92 Å². The van der Waals surface area contributed by atoms with Crippen LogP contribution in [0.25, 0.3) is 0 Å². The first-order valence-corrected chi connectivity index (χ1v) is 8.95. The maximum atomic E-state index is 12.9. The van der Waals surface area contributed by atoms with Crippen LogP contribution in [0, 0.1) is 11.7 Å². The van der Waals surface area contributed by atoms with Gasteiger partial charge in [-0.1, -0.05) is 12.1 Å². The zero-order chi connectivity index (χ0) is 20.1. The van der Waals surface area contributed by atoms with Crippen molar-refractivity contribution in [2.75, 3.05) is 6.54 Å². The Morgan fingerprint density at radius 3 is 2.75 bits per heavy atom. The maximum Gasteiger partial charge on any atom is 0.312 e. The molecule has 2 amide bonds. The number of amides is 2. The highest BCUT2D eigenvalue weighted by atomic mass is 19.1. The number of nitrogens with zero attached hydrogens (tertiary/aromatic N) is 1. The molecule has 0 bridgehead atoms. The third-order valence-electron chi connectivity index (χ3n) is 4.52. The van der Waals surface area contributed by atoms with Crippen molar-refractivity contribution in [1.29, 1.82) is 0 Å². The quantitative estimate of drug-likeness (QED) is 0.733. The van der Waals surface area contributed by atoms with Crippen molar-refractivity contribution in [3.63, 3.8) is 0 Å². The highest BCUT2D eigenvalue weighted by molar-refractivity contribution is 5.88. The summed E-state index contributed by atoms with van der Waals surface area (Å²) in [5.74, 6) is -1.55. The Labute approximate surface area is 161 Å². The molecule has 0 radical (unpaired) electrons. The van der Waals surface area contributed by atoms with Crippen LogP contribution >= 0.6 is 0 Å². The fraction of sp³-hybridized carbons (Fsp3) is 0.350. The van der Waals surface area contributed by atoms with E-state index in [9.17, 15) is 18.8 Å². The predicted molar refractivity (Wildman–Crippen MR) is 96.0 cm³/mol. The highest BCUT2D eigenvalue weighted by Crippen LogP contribution is 2.22. The Morgan fingerprint density at radius 2 is 2.07 bits per heavy atom. The summed E-state index contributed by atoms with van der Waals surface area (Å²) in [7, 11) is 0. The third-order valence-corrected chi connectivity index (χ3v) is 4.52. The van der Waals surface area contributed by atoms with E-state index in [1.165, 1.54) is 30.2 Å². The summed E-state index contributed by atoms with van der Waals surface area (Å²) in [6.45, 7) is 2.18. The van der Waals surface area contributed by atoms with Gasteiger partial charge in [0.15, 0.2) is 6.10 Å². The molecule has 2 aromatic rings. The molecule has 1 N–H and O–H groups in total. The van der Waals surface area contributed by atoms with Gasteiger partial charge in [-0.2, -0.15) is 0 Å². The van der Waals surface area contributed by atoms with Crippen molar-refractivity contribution in [1.82, 2.24) is 10.2 Å². The lowest BCUT2D eigenvalue weighted by molar-refractivity contribution is -0.158. The first-order valence-electron chi connectivity index (χ1n) is 8.95. The molecule has 2 atom stereocenters. The Balaban J connectivity index is 1.46. The van der Waals surface area contributed by atoms with Gasteiger partial charge in [0.2, 0.25) is 5.91 Å². The van der Waals surface area contributed by atoms with Crippen LogP contribution in [0.4, 0.5) is 4.39 Å². The standard InChI is InChI=1S/C20H21FN2O5/c1-13(19(25)22-10-14-4-6-16(21)7-5-14)28-20(26)15-9-18(24)23(11-15)12-17-3-2-8-27-17/h2-8,13,15H,9-12H2,1H3,(H,22,25)/t13-,15+/m0/s1. The smallest absolute Gasteiger partial charge is 0.312 e. The van der Waals surface area contributed by atoms with E-state index in [0.717, 1.165) is 5.56 Å². The van der Waals surface area contributed by atoms with Crippen LogP contribution in [0.2, 0.25) is 0 Å². The van der Waals surface area contributed by atoms with Gasteiger partial charge in [-0.05, 0) is 36.8 Å². The first-order chi connectivity index (χ1) is 13.4. The molecule has 1 aromatic heterocycles. The number of nitrogens with one attached hydrogen (secondary N) is 1. The number of carbonyl (C=O) groups is 3. The molecular formula is C20H21FN2O5. The summed E-state index contributed by atoms with van der Waals surface area (Å²) >= 11 is 0. The average molecular weight is 388 g/mol. The molecule has 1 aliphatic heterocycles. The number of furan rings is 1. The summed E-state index contributed by atoms with van der Waals surface area (Å²) in [6.07, 6.45) is 0.569. The zero-order valence-corrected chi connectivity index (χ0v) is 15.4. The average Bonchev–Trinajstić information content (AvgIpc) is 3.31. The molecule has 0 unspecified atom stereocenters. The lowest BCUT2D eigenvalue weighted by atomic mass is 10.1. The molecule has 3 rings (SSSR count). The molecule has 148 valence electrons. The number of esters is 1. The summed E-state index contributed by atoms with van der Waals surface area (Å²) in [6, 6.07) is 9.21. The van der Waals surface area contributed by atoms with Crippen molar-refractivity contribution in [2.45, 2.75) is 32.5 Å². The molecule has 1 fully saturated rings. The number of rotatable bonds is 7. The normalized spacial score (nSPS) is 17.4. The predicted octanol–water partition coefficient (Wildman–Crippen LogP) is 2.02. The summed E-state index contributed by atoms with van der Waals surface area (Å²) in [5.41, 5.74) is 0.725. The molecule has 0 aliphatic carbocycles. The van der Waals surface area contributed by atoms with Crippen LogP contribution in [-0.4, -0.2) is 35.3 Å². The van der Waals surface area contributed by atoms with E-state index >= 15 is 0 Å². The molecular weight excluding hydrogens is 367 g/mol. The summed E-state index contributed by atoms with van der Waals surface area (Å²) in [5, 5.41) is 2.63. The van der Waals surface area contributed by atoms with Crippen LogP contribution in [0.15, 0.2) is 47.1 Å². The van der Waals surface area contributed by atoms with Gasteiger partial charge in [0, 0.05) is 19.5 Å². The Bertz CT molecular complexity index is 835. The number of hydrogen-bond acceptors (Lipinski definition) is 5. The Kier molecular flexibility index (Phi) is 6.08. The fourth-order valence-electron chi connectivity index (χ4n) is 2.93. The lowest BCUT2D eigenvalue weighted by Crippen LogP contribution is -2.37. The number of hydrogen-bond donors (Lipinski definition) is 1. The molecule has 7 nitrogen and oxygen atoms in total. The second kappa shape index (κ2) is 8.69. The Morgan fingerprint density at radius 1 is 1.32 bits per heavy atom. The minimum atomic E-state index is -0.998. The van der Waals surface area contributed by atoms with E-state index in [4.69, 9.17) is 9.15 Å². The van der Waals surface area contributed by atoms with E-state index in [0.29, 0.717) is 12.3 Å². The van der Waals surface area contributed by atoms with Crippen LogP contribution in [-0.2, 0) is 32.2 Å². The van der Waals surface area contributed by atoms with Gasteiger partial charge in [-0.15, -0.1) is 0 Å². The largest absolute Gasteiger partial charge is 0.467 e. The summed E-state index contributed by atoms with van der Waals surface area (Å²) < 4.78 is 23.3. The summed E-state index contributed by atoms with van der Waals surface area (Å²) in [4.78, 5) is 38.1. The molecule has 1 saturated heterocycles. The van der Waals surface area contributed by atoms with E-state index < -0.39 is 23.9 Å². The third kappa shape index (κ3) is 4.97. The van der Waals surface area contributed by atoms with Crippen LogP contribution in [0.1, 0.15) is 24.7 Å². The van der Waals surface area contributed by atoms with Gasteiger partial charge < -0.3 is 19.4 Å². The molecule has 0 saturated carbocycles. The van der Waals surface area contributed by atoms with Crippen molar-refractivity contribution in [3.05, 3.63) is 59.8 Å². The monoisotopic (exact) mass is 388 g/mol. The first kappa shape index (κ1) is 19.6. The number of benzene rings is 1. The van der Waals surface area contributed by atoms with Gasteiger partial charge in [-0.25, -0.2) is 4.39 Å². The van der Waals surface area contributed by atoms with Crippen LogP contribution in [0.5, 0.6) is 0 Å². The molecule has 1 aliphatic rings. The van der Waals surface area contributed by atoms with E-state index in [-0.39, 0.29) is 31.2 Å². The fourth-order valence-corrected chi connectivity index (χ4v) is 2.93. The number of halogens is 1. The van der Waals surface area contributed by atoms with Gasteiger partial charge in [0.25, 0.3) is 5.91 Å². The van der Waals surface area contributed by atoms with E-state index in [2.05, 4.69) is 5.32 Å². The minimum absolute atomic E-state index is 0.0451. The van der Waals surface area contributed by atoms with Crippen LogP contribution in [0.3, 0.4) is 0 Å². The molecule has 28 heavy (non-hydrogen) atoms. The molecule has 2 heterocycles. The zero-order valence-electron chi connectivity index (χ0n) is 15.4. The molecule has 0 spiro atoms. The second-order valence-electron chi connectivity index (χ2n) is 6.68. The van der Waals surface area contributed by atoms with Crippen molar-refractivity contribution in [3.8, 4) is 0 Å². The number of carbonyl (C=O) groups excluding carboxylic acids is 3. The maximum absolute atomic E-state index is 12.9. The van der Waals surface area contributed by atoms with E-state index in [1.54, 1.807) is 24.3 Å². The second-order valence-corrected chi connectivity index (χ2v) is 6.68. The van der Waals surface area contributed by atoms with Gasteiger partial charge >= 0.3 is 5.97 Å². The van der Waals surface area contributed by atoms with Crippen molar-refractivity contribution >= 4 is 17.8 Å². The molecule has 1 aromatic carbocycles. The Hall–Kier alpha value is -3.16. The van der Waals surface area contributed by atoms with Gasteiger partial charge in [-0.3, -0.25) is 14.4 Å². The van der Waals surface area contributed by atoms with Crippen LogP contribution < -0.4 is 5.32 Å².